The van der Waals surface area contributed by atoms with Gasteiger partial charge < -0.3 is 19.7 Å². The topological polar surface area (TPSA) is 76.0 Å². The van der Waals surface area contributed by atoms with Crippen molar-refractivity contribution >= 4 is 5.78 Å². The second-order valence-electron chi connectivity index (χ2n) is 8.82. The van der Waals surface area contributed by atoms with E-state index in [1.165, 1.54) is 18.7 Å². The van der Waals surface area contributed by atoms with E-state index in [-0.39, 0.29) is 29.6 Å². The largest absolute Gasteiger partial charge is 0.508 e. The average molecular weight is 437 g/mol. The van der Waals surface area contributed by atoms with E-state index in [2.05, 4.69) is 26.5 Å². The van der Waals surface area contributed by atoms with Gasteiger partial charge in [-0.1, -0.05) is 29.9 Å². The van der Waals surface area contributed by atoms with Gasteiger partial charge in [0, 0.05) is 11.6 Å². The van der Waals surface area contributed by atoms with Crippen molar-refractivity contribution in [2.75, 3.05) is 7.11 Å². The number of phenols is 2. The zero-order valence-electron chi connectivity index (χ0n) is 19.5. The summed E-state index contributed by atoms with van der Waals surface area (Å²) in [6.45, 7) is 12.1. The lowest BCUT2D eigenvalue weighted by molar-refractivity contribution is 0.0840. The number of aryl methyl sites for hydroxylation is 1. The van der Waals surface area contributed by atoms with Gasteiger partial charge >= 0.3 is 0 Å². The van der Waals surface area contributed by atoms with Gasteiger partial charge in [0.1, 0.15) is 34.7 Å². The van der Waals surface area contributed by atoms with Crippen LogP contribution in [0.5, 0.6) is 23.0 Å². The van der Waals surface area contributed by atoms with Crippen molar-refractivity contribution in [1.29, 1.82) is 0 Å². The molecule has 5 nitrogen and oxygen atoms in total. The van der Waals surface area contributed by atoms with Crippen LogP contribution < -0.4 is 9.47 Å². The number of hydrogen-bond acceptors (Lipinski definition) is 5. The maximum atomic E-state index is 13.2. The number of methoxy groups -OCH3 is 1. The summed E-state index contributed by atoms with van der Waals surface area (Å²) in [5, 5.41) is 20.6. The maximum Gasteiger partial charge on any atom is 0.174 e. The molecule has 0 radical (unpaired) electrons. The van der Waals surface area contributed by atoms with Crippen LogP contribution in [0.25, 0.3) is 0 Å². The number of ketones is 1. The number of carbonyl (C=O) groups excluding carboxylic acids is 1. The number of phenolic OH excluding ortho intramolecular Hbond substituents is 2. The second-order valence-corrected chi connectivity index (χ2v) is 8.82. The summed E-state index contributed by atoms with van der Waals surface area (Å²) in [6, 6.07) is 6.52. The Bertz CT molecular complexity index is 1080. The van der Waals surface area contributed by atoms with E-state index < -0.39 is 6.10 Å². The molecule has 170 valence electrons. The lowest BCUT2D eigenvalue weighted by Crippen LogP contribution is -2.23. The first-order valence-corrected chi connectivity index (χ1v) is 10.8. The van der Waals surface area contributed by atoms with E-state index in [0.717, 1.165) is 23.1 Å². The van der Waals surface area contributed by atoms with Gasteiger partial charge in [-0.25, -0.2) is 0 Å². The molecule has 0 amide bonds. The smallest absolute Gasteiger partial charge is 0.174 e. The molecule has 1 aliphatic rings. The minimum Gasteiger partial charge on any atom is -0.508 e. The van der Waals surface area contributed by atoms with Crippen molar-refractivity contribution in [2.24, 2.45) is 5.92 Å². The Morgan fingerprint density at radius 2 is 2.00 bits per heavy atom. The number of ether oxygens (including phenoxy) is 2. The van der Waals surface area contributed by atoms with Crippen LogP contribution in [0.3, 0.4) is 0 Å². The van der Waals surface area contributed by atoms with Crippen LogP contribution in [-0.2, 0) is 6.42 Å². The van der Waals surface area contributed by atoms with Crippen LogP contribution in [0, 0.1) is 12.8 Å². The van der Waals surface area contributed by atoms with Crippen LogP contribution >= 0.6 is 0 Å². The number of Topliss-reactive ketones (excluding diaryl/α,β-unsaturated/α-hetero) is 1. The Balaban J connectivity index is 2.09. The molecule has 0 aromatic heterocycles. The Morgan fingerprint density at radius 3 is 2.59 bits per heavy atom. The zero-order valence-corrected chi connectivity index (χ0v) is 19.5. The average Bonchev–Trinajstić information content (AvgIpc) is 2.71. The molecule has 1 heterocycles. The molecule has 0 fully saturated rings. The van der Waals surface area contributed by atoms with Crippen LogP contribution in [0.4, 0.5) is 0 Å². The van der Waals surface area contributed by atoms with E-state index in [1.807, 2.05) is 13.8 Å². The molecule has 0 saturated heterocycles. The third-order valence-electron chi connectivity index (χ3n) is 6.01. The van der Waals surface area contributed by atoms with Crippen LogP contribution in [0.2, 0.25) is 0 Å². The monoisotopic (exact) mass is 436 g/mol. The Labute approximate surface area is 190 Å². The molecule has 0 aliphatic carbocycles. The van der Waals surface area contributed by atoms with Gasteiger partial charge in [0.25, 0.3) is 0 Å². The highest BCUT2D eigenvalue weighted by Gasteiger charge is 2.35. The Kier molecular flexibility index (Phi) is 6.97. The van der Waals surface area contributed by atoms with E-state index in [0.29, 0.717) is 29.0 Å². The lowest BCUT2D eigenvalue weighted by atomic mass is 9.86. The molecule has 5 heteroatoms. The molecular weight excluding hydrogens is 404 g/mol. The molecule has 2 N–H and O–H groups in total. The molecule has 2 aromatic rings. The van der Waals surface area contributed by atoms with Crippen molar-refractivity contribution in [3.05, 3.63) is 70.3 Å². The van der Waals surface area contributed by atoms with Crippen molar-refractivity contribution in [1.82, 2.24) is 0 Å². The summed E-state index contributed by atoms with van der Waals surface area (Å²) in [5.74, 6) is 0.875. The van der Waals surface area contributed by atoms with Crippen molar-refractivity contribution < 1.29 is 24.5 Å². The fourth-order valence-corrected chi connectivity index (χ4v) is 4.15. The number of rotatable bonds is 7. The van der Waals surface area contributed by atoms with Crippen molar-refractivity contribution in [3.63, 3.8) is 0 Å². The quantitative estimate of drug-likeness (QED) is 0.505. The molecular formula is C27H32O5. The van der Waals surface area contributed by atoms with Crippen molar-refractivity contribution in [2.45, 2.75) is 53.1 Å². The molecule has 1 unspecified atom stereocenters. The molecule has 0 spiro atoms. The normalized spacial score (nSPS) is 16.0. The van der Waals surface area contributed by atoms with Gasteiger partial charge in [0.15, 0.2) is 5.78 Å². The highest BCUT2D eigenvalue weighted by molar-refractivity contribution is 6.03. The van der Waals surface area contributed by atoms with E-state index in [4.69, 9.17) is 9.47 Å². The third kappa shape index (κ3) is 4.82. The number of benzene rings is 2. The molecule has 0 saturated carbocycles. The SMILES string of the molecule is C=C(C)C(CC=C(C)C)Cc1c(O)cc(OC)c2c1O[C@H](c1ccc(O)cc1C)CC2=O. The Hall–Kier alpha value is -3.21. The summed E-state index contributed by atoms with van der Waals surface area (Å²) in [7, 11) is 1.48. The van der Waals surface area contributed by atoms with E-state index in [1.54, 1.807) is 18.2 Å². The predicted octanol–water partition coefficient (Wildman–Crippen LogP) is 6.21. The minimum atomic E-state index is -0.512. The number of carbonyl (C=O) groups is 1. The summed E-state index contributed by atoms with van der Waals surface area (Å²) >= 11 is 0. The lowest BCUT2D eigenvalue weighted by Gasteiger charge is -2.30. The van der Waals surface area contributed by atoms with Gasteiger partial charge in [-0.05, 0) is 69.7 Å². The highest BCUT2D eigenvalue weighted by atomic mass is 16.5. The molecule has 3 rings (SSSR count). The first kappa shape index (κ1) is 23.5. The van der Waals surface area contributed by atoms with E-state index in [9.17, 15) is 15.0 Å². The van der Waals surface area contributed by atoms with Gasteiger partial charge in [-0.15, -0.1) is 0 Å². The highest BCUT2D eigenvalue weighted by Crippen LogP contribution is 2.47. The van der Waals surface area contributed by atoms with Gasteiger partial charge in [-0.2, -0.15) is 0 Å². The van der Waals surface area contributed by atoms with Gasteiger partial charge in [-0.3, -0.25) is 4.79 Å². The maximum absolute atomic E-state index is 13.2. The predicted molar refractivity (Wildman–Crippen MR) is 126 cm³/mol. The standard InChI is InChI=1S/C27H32O5/c1-15(2)7-8-18(16(3)4)12-21-22(29)13-25(31-6)26-23(30)14-24(32-27(21)26)20-10-9-19(28)11-17(20)5/h7,9-11,13,18,24,28-29H,3,8,12,14H2,1-2,4-6H3/t18?,24-/m0/s1. The molecule has 0 bridgehead atoms. The fraction of sp³-hybridized carbons (Fsp3) is 0.370. The molecule has 32 heavy (non-hydrogen) atoms. The van der Waals surface area contributed by atoms with Crippen LogP contribution in [0.1, 0.15) is 66.8 Å². The van der Waals surface area contributed by atoms with Crippen LogP contribution in [-0.4, -0.2) is 23.1 Å². The molecule has 2 atom stereocenters. The summed E-state index contributed by atoms with van der Waals surface area (Å²) < 4.78 is 11.8. The summed E-state index contributed by atoms with van der Waals surface area (Å²) in [5.41, 5.74) is 4.84. The Morgan fingerprint density at radius 1 is 1.28 bits per heavy atom. The summed E-state index contributed by atoms with van der Waals surface area (Å²) in [4.78, 5) is 13.2. The first-order chi connectivity index (χ1) is 15.1. The minimum absolute atomic E-state index is 0.0416. The number of allylic oxidation sites excluding steroid dienone is 3. The molecule has 1 aliphatic heterocycles. The van der Waals surface area contributed by atoms with Crippen LogP contribution in [0.15, 0.2) is 48.1 Å². The fourth-order valence-electron chi connectivity index (χ4n) is 4.15. The molecule has 2 aromatic carbocycles. The summed E-state index contributed by atoms with van der Waals surface area (Å²) in [6.07, 6.45) is 3.07. The zero-order chi connectivity index (χ0) is 23.6. The number of fused-ring (bicyclic) bond motifs is 1. The number of aromatic hydroxyl groups is 2. The third-order valence-corrected chi connectivity index (χ3v) is 6.01. The second kappa shape index (κ2) is 9.51. The van der Waals surface area contributed by atoms with Crippen molar-refractivity contribution in [3.8, 4) is 23.0 Å². The van der Waals surface area contributed by atoms with E-state index >= 15 is 0 Å². The number of hydrogen-bond donors (Lipinski definition) is 2. The first-order valence-electron chi connectivity index (χ1n) is 10.8. The van der Waals surface area contributed by atoms with Gasteiger partial charge in [0.05, 0.1) is 13.5 Å². The van der Waals surface area contributed by atoms with Gasteiger partial charge in [0.2, 0.25) is 0 Å².